The molecule has 0 saturated carbocycles. The average Bonchev–Trinajstić information content (AvgIpc) is 2.86. The van der Waals surface area contributed by atoms with Crippen molar-refractivity contribution in [2.24, 2.45) is 0 Å². The Labute approximate surface area is 99.1 Å². The quantitative estimate of drug-likeness (QED) is 0.832. The lowest BCUT2D eigenvalue weighted by molar-refractivity contribution is 0.392. The highest BCUT2D eigenvalue weighted by Crippen LogP contribution is 2.06. The van der Waals surface area contributed by atoms with Crippen molar-refractivity contribution in [2.45, 2.75) is 19.2 Å². The first-order valence-electron chi connectivity index (χ1n) is 5.06. The fourth-order valence-corrected chi connectivity index (χ4v) is 2.41. The molecule has 0 unspecified atom stereocenters. The van der Waals surface area contributed by atoms with E-state index in [0.29, 0.717) is 11.5 Å². The minimum Gasteiger partial charge on any atom is -0.367 e. The largest absolute Gasteiger partial charge is 0.367 e. The van der Waals surface area contributed by atoms with Crippen LogP contribution < -0.4 is 4.72 Å². The van der Waals surface area contributed by atoms with Gasteiger partial charge in [-0.15, -0.1) is 0 Å². The van der Waals surface area contributed by atoms with Crippen molar-refractivity contribution in [2.75, 3.05) is 0 Å². The van der Waals surface area contributed by atoms with Crippen LogP contribution in [0.5, 0.6) is 0 Å². The van der Waals surface area contributed by atoms with Crippen LogP contribution in [0.3, 0.4) is 0 Å². The number of nitrogens with zero attached hydrogens (tertiary/aromatic N) is 1. The van der Waals surface area contributed by atoms with Gasteiger partial charge < -0.3 is 9.51 Å². The second-order valence-corrected chi connectivity index (χ2v) is 5.54. The van der Waals surface area contributed by atoms with Gasteiger partial charge in [-0.2, -0.15) is 0 Å². The van der Waals surface area contributed by atoms with E-state index in [2.05, 4.69) is 14.9 Å². The van der Waals surface area contributed by atoms with Crippen LogP contribution in [0.15, 0.2) is 29.0 Å². The minimum atomic E-state index is -3.38. The molecule has 0 amide bonds. The van der Waals surface area contributed by atoms with E-state index in [1.807, 2.05) is 6.07 Å². The van der Waals surface area contributed by atoms with E-state index in [0.717, 1.165) is 5.56 Å². The van der Waals surface area contributed by atoms with Gasteiger partial charge in [0.1, 0.15) is 17.2 Å². The van der Waals surface area contributed by atoms with Crippen molar-refractivity contribution >= 4 is 10.0 Å². The van der Waals surface area contributed by atoms with Crippen LogP contribution in [0.1, 0.15) is 17.0 Å². The maximum atomic E-state index is 11.7. The number of hydrogen-bond acceptors (Lipinski definition) is 4. The normalized spacial score (nSPS) is 11.8. The Morgan fingerprint density at radius 2 is 2.35 bits per heavy atom. The molecule has 0 fully saturated rings. The first-order chi connectivity index (χ1) is 8.05. The molecule has 2 aromatic heterocycles. The highest BCUT2D eigenvalue weighted by molar-refractivity contribution is 7.88. The zero-order chi connectivity index (χ0) is 12.3. The minimum absolute atomic E-state index is 0.172. The molecule has 2 aromatic rings. The third kappa shape index (κ3) is 3.43. The van der Waals surface area contributed by atoms with Gasteiger partial charge >= 0.3 is 0 Å². The van der Waals surface area contributed by atoms with E-state index in [9.17, 15) is 8.42 Å². The molecule has 7 heteroatoms. The first kappa shape index (κ1) is 11.9. The summed E-state index contributed by atoms with van der Waals surface area (Å²) in [5.41, 5.74) is 1.29. The average molecular weight is 255 g/mol. The number of aromatic nitrogens is 2. The van der Waals surface area contributed by atoms with E-state index in [1.165, 1.54) is 0 Å². The Kier molecular flexibility index (Phi) is 3.30. The third-order valence-corrected chi connectivity index (χ3v) is 3.43. The number of sulfonamides is 1. The van der Waals surface area contributed by atoms with Crippen LogP contribution in [0.2, 0.25) is 0 Å². The monoisotopic (exact) mass is 255 g/mol. The molecule has 2 N–H and O–H groups in total. The smallest absolute Gasteiger partial charge is 0.217 e. The van der Waals surface area contributed by atoms with E-state index < -0.39 is 10.0 Å². The summed E-state index contributed by atoms with van der Waals surface area (Å²) in [6.45, 7) is 1.99. The van der Waals surface area contributed by atoms with E-state index in [1.54, 1.807) is 25.4 Å². The van der Waals surface area contributed by atoms with Crippen LogP contribution in [0.25, 0.3) is 0 Å². The van der Waals surface area contributed by atoms with Crippen molar-refractivity contribution in [1.82, 2.24) is 14.9 Å². The molecule has 92 valence electrons. The summed E-state index contributed by atoms with van der Waals surface area (Å²) < 4.78 is 30.7. The number of nitrogens with one attached hydrogen (secondary N) is 2. The van der Waals surface area contributed by atoms with Crippen LogP contribution in [-0.4, -0.2) is 18.6 Å². The van der Waals surface area contributed by atoms with Gasteiger partial charge in [-0.25, -0.2) is 13.1 Å². The predicted octanol–water partition coefficient (Wildman–Crippen LogP) is 0.931. The molecule has 2 heterocycles. The van der Waals surface area contributed by atoms with Crippen molar-refractivity contribution in [3.05, 3.63) is 41.5 Å². The maximum Gasteiger partial charge on any atom is 0.217 e. The number of hydrogen-bond donors (Lipinski definition) is 2. The van der Waals surface area contributed by atoms with Crippen molar-refractivity contribution < 1.29 is 12.9 Å². The molecule has 0 saturated heterocycles. The second kappa shape index (κ2) is 4.72. The number of aryl methyl sites for hydroxylation is 1. The van der Waals surface area contributed by atoms with Gasteiger partial charge in [0.15, 0.2) is 0 Å². The zero-order valence-corrected chi connectivity index (χ0v) is 10.1. The number of H-pyrrole nitrogens is 1. The summed E-state index contributed by atoms with van der Waals surface area (Å²) >= 11 is 0. The third-order valence-electron chi connectivity index (χ3n) is 2.17. The fraction of sp³-hybridized carbons (Fsp3) is 0.300. The summed E-state index contributed by atoms with van der Waals surface area (Å²) in [5, 5.41) is 3.65. The highest BCUT2D eigenvalue weighted by atomic mass is 32.2. The van der Waals surface area contributed by atoms with Gasteiger partial charge in [-0.3, -0.25) is 0 Å². The fourth-order valence-electron chi connectivity index (χ4n) is 1.39. The topological polar surface area (TPSA) is 88.0 Å². The molecule has 0 aliphatic carbocycles. The second-order valence-electron chi connectivity index (χ2n) is 3.73. The van der Waals surface area contributed by atoms with Crippen LogP contribution in [0.4, 0.5) is 0 Å². The molecule has 2 rings (SSSR count). The Bertz CT molecular complexity index is 572. The van der Waals surface area contributed by atoms with Gasteiger partial charge in [0.05, 0.1) is 0 Å². The Balaban J connectivity index is 1.95. The molecular weight excluding hydrogens is 242 g/mol. The molecule has 0 aromatic carbocycles. The molecule has 6 nitrogen and oxygen atoms in total. The molecule has 0 atom stereocenters. The highest BCUT2D eigenvalue weighted by Gasteiger charge is 2.14. The van der Waals surface area contributed by atoms with Gasteiger partial charge in [-0.05, 0) is 18.6 Å². The summed E-state index contributed by atoms with van der Waals surface area (Å²) in [4.78, 5) is 2.86. The summed E-state index contributed by atoms with van der Waals surface area (Å²) in [6.07, 6.45) is 3.48. The van der Waals surface area contributed by atoms with E-state index >= 15 is 0 Å². The van der Waals surface area contributed by atoms with Crippen LogP contribution in [-0.2, 0) is 22.3 Å². The Morgan fingerprint density at radius 1 is 1.53 bits per heavy atom. The summed E-state index contributed by atoms with van der Waals surface area (Å²) in [7, 11) is -3.38. The Morgan fingerprint density at radius 3 is 2.94 bits per heavy atom. The lowest BCUT2D eigenvalue weighted by Crippen LogP contribution is -2.24. The molecule has 17 heavy (non-hydrogen) atoms. The molecule has 0 radical (unpaired) electrons. The van der Waals surface area contributed by atoms with Gasteiger partial charge in [0.25, 0.3) is 0 Å². The Hall–Kier alpha value is -1.60. The zero-order valence-electron chi connectivity index (χ0n) is 9.30. The molecule has 0 aliphatic rings. The molecule has 0 bridgehead atoms. The van der Waals surface area contributed by atoms with Gasteiger partial charge in [0.2, 0.25) is 10.0 Å². The van der Waals surface area contributed by atoms with E-state index in [-0.39, 0.29) is 12.3 Å². The lowest BCUT2D eigenvalue weighted by Gasteiger charge is -2.03. The summed E-state index contributed by atoms with van der Waals surface area (Å²) in [5.74, 6) is 0.426. The van der Waals surface area contributed by atoms with Crippen LogP contribution in [0, 0.1) is 6.92 Å². The molecule has 0 spiro atoms. The predicted molar refractivity (Wildman–Crippen MR) is 61.5 cm³/mol. The summed E-state index contributed by atoms with van der Waals surface area (Å²) in [6, 6.07) is 3.41. The first-order valence-corrected chi connectivity index (χ1v) is 6.71. The molecule has 0 aliphatic heterocycles. The SMILES string of the molecule is Cc1cc(CS(=O)(=O)NCc2cc[nH]c2)no1. The van der Waals surface area contributed by atoms with Gasteiger partial charge in [-0.1, -0.05) is 5.16 Å². The molecular formula is C10H13N3O3S. The standard InChI is InChI=1S/C10H13N3O3S/c1-8-4-10(13-16-8)7-17(14,15)12-6-9-2-3-11-5-9/h2-5,11-12H,6-7H2,1H3. The van der Waals surface area contributed by atoms with Crippen molar-refractivity contribution in [3.63, 3.8) is 0 Å². The van der Waals surface area contributed by atoms with Crippen molar-refractivity contribution in [3.8, 4) is 0 Å². The number of aromatic amines is 1. The maximum absolute atomic E-state index is 11.7. The lowest BCUT2D eigenvalue weighted by atomic mass is 10.4. The van der Waals surface area contributed by atoms with Crippen molar-refractivity contribution in [1.29, 1.82) is 0 Å². The van der Waals surface area contributed by atoms with Crippen LogP contribution >= 0.6 is 0 Å². The van der Waals surface area contributed by atoms with E-state index in [4.69, 9.17) is 4.52 Å². The van der Waals surface area contributed by atoms with Gasteiger partial charge in [0, 0.05) is 25.0 Å². The number of rotatable bonds is 5.